The van der Waals surface area contributed by atoms with Crippen LogP contribution in [-0.2, 0) is 6.42 Å². The number of fused-ring (bicyclic) bond motifs is 1. The SMILES string of the molecule is CCc1csc2cnccc12. The van der Waals surface area contributed by atoms with Gasteiger partial charge in [-0.3, -0.25) is 4.98 Å². The number of aryl methyl sites for hydroxylation is 1. The van der Waals surface area contributed by atoms with Gasteiger partial charge >= 0.3 is 0 Å². The molecule has 2 heteroatoms. The average Bonchev–Trinajstić information content (AvgIpc) is 2.47. The van der Waals surface area contributed by atoms with E-state index in [1.807, 2.05) is 12.4 Å². The Hall–Kier alpha value is -0.890. The Balaban J connectivity index is 2.76. The number of thiophene rings is 1. The summed E-state index contributed by atoms with van der Waals surface area (Å²) in [6.45, 7) is 2.18. The number of pyridine rings is 1. The van der Waals surface area contributed by atoms with E-state index in [-0.39, 0.29) is 0 Å². The third kappa shape index (κ3) is 1.03. The van der Waals surface area contributed by atoms with Crippen molar-refractivity contribution in [2.24, 2.45) is 0 Å². The minimum atomic E-state index is 1.12. The molecule has 2 rings (SSSR count). The van der Waals surface area contributed by atoms with Gasteiger partial charge in [0.15, 0.2) is 0 Å². The fourth-order valence-electron chi connectivity index (χ4n) is 1.21. The Bertz CT molecular complexity index is 364. The van der Waals surface area contributed by atoms with E-state index in [1.165, 1.54) is 15.6 Å². The highest BCUT2D eigenvalue weighted by Gasteiger charge is 1.99. The molecule has 0 aromatic carbocycles. The molecule has 2 aromatic heterocycles. The number of hydrogen-bond acceptors (Lipinski definition) is 2. The van der Waals surface area contributed by atoms with Gasteiger partial charge in [-0.1, -0.05) is 6.92 Å². The fourth-order valence-corrected chi connectivity index (χ4v) is 2.22. The average molecular weight is 163 g/mol. The molecule has 0 aliphatic rings. The lowest BCUT2D eigenvalue weighted by molar-refractivity contribution is 1.17. The summed E-state index contributed by atoms with van der Waals surface area (Å²) in [7, 11) is 0. The van der Waals surface area contributed by atoms with Crippen molar-refractivity contribution >= 4 is 21.4 Å². The maximum Gasteiger partial charge on any atom is 0.0528 e. The highest BCUT2D eigenvalue weighted by molar-refractivity contribution is 7.17. The van der Waals surface area contributed by atoms with Gasteiger partial charge in [0.1, 0.15) is 0 Å². The van der Waals surface area contributed by atoms with E-state index in [4.69, 9.17) is 0 Å². The Morgan fingerprint density at radius 1 is 1.55 bits per heavy atom. The summed E-state index contributed by atoms with van der Waals surface area (Å²) in [5, 5.41) is 3.58. The molecule has 0 fully saturated rings. The molecule has 56 valence electrons. The number of aromatic nitrogens is 1. The van der Waals surface area contributed by atoms with Crippen molar-refractivity contribution in [2.45, 2.75) is 13.3 Å². The van der Waals surface area contributed by atoms with Crippen LogP contribution in [0.2, 0.25) is 0 Å². The van der Waals surface area contributed by atoms with Gasteiger partial charge in [0.05, 0.1) is 4.70 Å². The van der Waals surface area contributed by atoms with Crippen molar-refractivity contribution in [3.63, 3.8) is 0 Å². The van der Waals surface area contributed by atoms with E-state index < -0.39 is 0 Å². The minimum absolute atomic E-state index is 1.12. The maximum atomic E-state index is 4.07. The molecule has 0 bridgehead atoms. The Morgan fingerprint density at radius 3 is 3.27 bits per heavy atom. The van der Waals surface area contributed by atoms with Crippen LogP contribution < -0.4 is 0 Å². The number of hydrogen-bond donors (Lipinski definition) is 0. The van der Waals surface area contributed by atoms with E-state index in [9.17, 15) is 0 Å². The summed E-state index contributed by atoms with van der Waals surface area (Å²) in [4.78, 5) is 4.07. The van der Waals surface area contributed by atoms with Gasteiger partial charge in [0.2, 0.25) is 0 Å². The number of rotatable bonds is 1. The smallest absolute Gasteiger partial charge is 0.0528 e. The van der Waals surface area contributed by atoms with Crippen LogP contribution in [0.4, 0.5) is 0 Å². The maximum absolute atomic E-state index is 4.07. The summed E-state index contributed by atoms with van der Waals surface area (Å²) >= 11 is 1.78. The Morgan fingerprint density at radius 2 is 2.45 bits per heavy atom. The van der Waals surface area contributed by atoms with E-state index in [0.717, 1.165) is 6.42 Å². The summed E-state index contributed by atoms with van der Waals surface area (Å²) in [5.74, 6) is 0. The van der Waals surface area contributed by atoms with Gasteiger partial charge in [-0.25, -0.2) is 0 Å². The van der Waals surface area contributed by atoms with Crippen LogP contribution in [-0.4, -0.2) is 4.98 Å². The van der Waals surface area contributed by atoms with Crippen LogP contribution in [0.5, 0.6) is 0 Å². The monoisotopic (exact) mass is 163 g/mol. The highest BCUT2D eigenvalue weighted by Crippen LogP contribution is 2.24. The van der Waals surface area contributed by atoms with Gasteiger partial charge in [-0.05, 0) is 28.8 Å². The van der Waals surface area contributed by atoms with E-state index in [0.29, 0.717) is 0 Å². The zero-order valence-electron chi connectivity index (χ0n) is 6.37. The van der Waals surface area contributed by atoms with E-state index in [1.54, 1.807) is 11.3 Å². The molecular weight excluding hydrogens is 154 g/mol. The molecule has 0 spiro atoms. The van der Waals surface area contributed by atoms with Crippen molar-refractivity contribution < 1.29 is 0 Å². The molecule has 2 aromatic rings. The largest absolute Gasteiger partial charge is 0.263 e. The lowest BCUT2D eigenvalue weighted by atomic mass is 10.2. The molecule has 0 N–H and O–H groups in total. The normalized spacial score (nSPS) is 10.6. The van der Waals surface area contributed by atoms with Crippen molar-refractivity contribution in [1.29, 1.82) is 0 Å². The topological polar surface area (TPSA) is 12.9 Å². The quantitative estimate of drug-likeness (QED) is 0.630. The first-order valence-electron chi connectivity index (χ1n) is 3.72. The predicted octanol–water partition coefficient (Wildman–Crippen LogP) is 2.86. The molecule has 0 atom stereocenters. The van der Waals surface area contributed by atoms with E-state index in [2.05, 4.69) is 23.4 Å². The standard InChI is InChI=1S/C9H9NS/c1-2-7-6-11-9-5-10-4-3-8(7)9/h3-6H,2H2,1H3. The van der Waals surface area contributed by atoms with E-state index >= 15 is 0 Å². The summed E-state index contributed by atoms with van der Waals surface area (Å²) in [6.07, 6.45) is 4.90. The molecule has 0 radical (unpaired) electrons. The molecule has 0 amide bonds. The predicted molar refractivity (Wildman–Crippen MR) is 49.0 cm³/mol. The second-order valence-electron chi connectivity index (χ2n) is 2.49. The molecule has 11 heavy (non-hydrogen) atoms. The highest BCUT2D eigenvalue weighted by atomic mass is 32.1. The molecule has 0 saturated carbocycles. The summed E-state index contributed by atoms with van der Waals surface area (Å²) < 4.78 is 1.30. The van der Waals surface area contributed by atoms with Gasteiger partial charge in [-0.15, -0.1) is 11.3 Å². The zero-order chi connectivity index (χ0) is 7.68. The molecule has 1 nitrogen and oxygen atoms in total. The van der Waals surface area contributed by atoms with Gasteiger partial charge in [-0.2, -0.15) is 0 Å². The molecule has 0 aliphatic carbocycles. The lowest BCUT2D eigenvalue weighted by Crippen LogP contribution is -1.74. The van der Waals surface area contributed by atoms with Crippen molar-refractivity contribution in [3.05, 3.63) is 29.4 Å². The van der Waals surface area contributed by atoms with Crippen LogP contribution in [0, 0.1) is 0 Å². The summed E-state index contributed by atoms with van der Waals surface area (Å²) in [6, 6.07) is 2.09. The molecular formula is C9H9NS. The summed E-state index contributed by atoms with van der Waals surface area (Å²) in [5.41, 5.74) is 1.44. The van der Waals surface area contributed by atoms with Gasteiger partial charge in [0, 0.05) is 12.4 Å². The van der Waals surface area contributed by atoms with Crippen LogP contribution in [0.15, 0.2) is 23.8 Å². The first-order valence-corrected chi connectivity index (χ1v) is 4.60. The first kappa shape index (κ1) is 6.80. The van der Waals surface area contributed by atoms with Crippen LogP contribution in [0.1, 0.15) is 12.5 Å². The molecule has 2 heterocycles. The van der Waals surface area contributed by atoms with Crippen molar-refractivity contribution in [1.82, 2.24) is 4.98 Å². The third-order valence-corrected chi connectivity index (χ3v) is 2.82. The van der Waals surface area contributed by atoms with Gasteiger partial charge < -0.3 is 0 Å². The lowest BCUT2D eigenvalue weighted by Gasteiger charge is -1.90. The van der Waals surface area contributed by atoms with Gasteiger partial charge in [0.25, 0.3) is 0 Å². The first-order chi connectivity index (χ1) is 5.42. The van der Waals surface area contributed by atoms with Crippen LogP contribution >= 0.6 is 11.3 Å². The van der Waals surface area contributed by atoms with Crippen molar-refractivity contribution in [3.8, 4) is 0 Å². The van der Waals surface area contributed by atoms with Crippen LogP contribution in [0.25, 0.3) is 10.1 Å². The number of nitrogens with zero attached hydrogens (tertiary/aromatic N) is 1. The molecule has 0 aliphatic heterocycles. The fraction of sp³-hybridized carbons (Fsp3) is 0.222. The second-order valence-corrected chi connectivity index (χ2v) is 3.40. The minimum Gasteiger partial charge on any atom is -0.263 e. The van der Waals surface area contributed by atoms with Crippen molar-refractivity contribution in [2.75, 3.05) is 0 Å². The zero-order valence-corrected chi connectivity index (χ0v) is 7.19. The molecule has 0 unspecified atom stereocenters. The Kier molecular flexibility index (Phi) is 1.62. The molecule has 0 saturated heterocycles. The Labute approximate surface area is 69.7 Å². The third-order valence-electron chi connectivity index (χ3n) is 1.84. The van der Waals surface area contributed by atoms with Crippen LogP contribution in [0.3, 0.4) is 0 Å². The second kappa shape index (κ2) is 2.62.